The van der Waals surface area contributed by atoms with Crippen molar-refractivity contribution in [2.75, 3.05) is 19.8 Å². The van der Waals surface area contributed by atoms with Crippen LogP contribution in [0.15, 0.2) is 12.2 Å². The molecule has 0 aromatic heterocycles. The number of amides is 1. The predicted molar refractivity (Wildman–Crippen MR) is 57.2 cm³/mol. The first-order valence-corrected chi connectivity index (χ1v) is 5.21. The summed E-state index contributed by atoms with van der Waals surface area (Å²) in [4.78, 5) is 21.8. The molecular formula is C10H13F4NO5. The Morgan fingerprint density at radius 1 is 1.30 bits per heavy atom. The van der Waals surface area contributed by atoms with Gasteiger partial charge in [0, 0.05) is 5.57 Å². The second-order valence-electron chi connectivity index (χ2n) is 3.43. The number of rotatable bonds is 8. The summed E-state index contributed by atoms with van der Waals surface area (Å²) >= 11 is 0. The Hall–Kier alpha value is -1.84. The Morgan fingerprint density at radius 2 is 1.90 bits per heavy atom. The molecule has 0 unspecified atom stereocenters. The highest BCUT2D eigenvalue weighted by Crippen LogP contribution is 2.19. The number of hydrogen-bond acceptors (Lipinski definition) is 5. The highest BCUT2D eigenvalue weighted by molar-refractivity contribution is 5.86. The maximum atomic E-state index is 12.5. The van der Waals surface area contributed by atoms with Crippen molar-refractivity contribution in [2.45, 2.75) is 19.6 Å². The van der Waals surface area contributed by atoms with Crippen LogP contribution < -0.4 is 5.32 Å². The maximum Gasteiger partial charge on any atom is 0.407 e. The Kier molecular flexibility index (Phi) is 7.59. The van der Waals surface area contributed by atoms with Crippen LogP contribution in [0.3, 0.4) is 0 Å². The Bertz CT molecular complexity index is 362. The summed E-state index contributed by atoms with van der Waals surface area (Å²) in [7, 11) is 0. The van der Waals surface area contributed by atoms with Crippen LogP contribution in [0.5, 0.6) is 0 Å². The molecule has 0 aliphatic heterocycles. The van der Waals surface area contributed by atoms with Gasteiger partial charge in [0.15, 0.2) is 6.61 Å². The average Bonchev–Trinajstić information content (AvgIpc) is 2.30. The second kappa shape index (κ2) is 8.35. The van der Waals surface area contributed by atoms with Gasteiger partial charge in [0.05, 0.1) is 6.54 Å². The van der Waals surface area contributed by atoms with Crippen LogP contribution in [0.1, 0.15) is 6.92 Å². The van der Waals surface area contributed by atoms with Crippen molar-refractivity contribution >= 4 is 12.1 Å². The molecular weight excluding hydrogens is 290 g/mol. The molecule has 0 bridgehead atoms. The molecule has 0 fully saturated rings. The minimum absolute atomic E-state index is 0.149. The van der Waals surface area contributed by atoms with Crippen molar-refractivity contribution < 1.29 is 41.4 Å². The van der Waals surface area contributed by atoms with E-state index < -0.39 is 31.4 Å². The van der Waals surface area contributed by atoms with Crippen molar-refractivity contribution in [1.29, 1.82) is 0 Å². The van der Waals surface area contributed by atoms with Crippen LogP contribution in [0.4, 0.5) is 22.4 Å². The zero-order valence-electron chi connectivity index (χ0n) is 10.5. The van der Waals surface area contributed by atoms with Gasteiger partial charge in [0.2, 0.25) is 0 Å². The number of carbonyl (C=O) groups is 2. The van der Waals surface area contributed by atoms with Crippen molar-refractivity contribution in [3.05, 3.63) is 12.2 Å². The standard InChI is InChI=1S/C10H13F4NO5/c1-6(2)7(16)18-4-3-15-9(17)19-5-10(13,14)20-8(11)12/h8H,1,3-5H2,2H3,(H,15,17). The predicted octanol–water partition coefficient (Wildman–Crippen LogP) is 1.66. The summed E-state index contributed by atoms with van der Waals surface area (Å²) in [5.74, 6) is -0.683. The van der Waals surface area contributed by atoms with Gasteiger partial charge in [0.1, 0.15) is 6.61 Å². The summed E-state index contributed by atoms with van der Waals surface area (Å²) in [6.07, 6.45) is -5.59. The van der Waals surface area contributed by atoms with E-state index in [9.17, 15) is 27.2 Å². The van der Waals surface area contributed by atoms with E-state index >= 15 is 0 Å². The van der Waals surface area contributed by atoms with Gasteiger partial charge in [-0.05, 0) is 6.92 Å². The van der Waals surface area contributed by atoms with Crippen LogP contribution in [0.2, 0.25) is 0 Å². The first kappa shape index (κ1) is 18.2. The van der Waals surface area contributed by atoms with E-state index in [2.05, 4.69) is 20.8 Å². The van der Waals surface area contributed by atoms with Gasteiger partial charge in [-0.1, -0.05) is 6.58 Å². The molecule has 0 heterocycles. The molecule has 20 heavy (non-hydrogen) atoms. The van der Waals surface area contributed by atoms with Crippen LogP contribution in [-0.2, 0) is 19.0 Å². The summed E-state index contributed by atoms with van der Waals surface area (Å²) in [6, 6.07) is 0. The van der Waals surface area contributed by atoms with Gasteiger partial charge < -0.3 is 14.8 Å². The molecule has 0 saturated heterocycles. The molecule has 0 radical (unpaired) electrons. The van der Waals surface area contributed by atoms with Gasteiger partial charge in [-0.2, -0.15) is 17.6 Å². The Morgan fingerprint density at radius 3 is 2.40 bits per heavy atom. The summed E-state index contributed by atoms with van der Waals surface area (Å²) in [6.45, 7) is -1.09. The summed E-state index contributed by atoms with van der Waals surface area (Å²) in [5, 5.41) is 1.96. The lowest BCUT2D eigenvalue weighted by molar-refractivity contribution is -0.329. The molecule has 0 rings (SSSR count). The van der Waals surface area contributed by atoms with Crippen LogP contribution >= 0.6 is 0 Å². The van der Waals surface area contributed by atoms with Crippen molar-refractivity contribution in [3.63, 3.8) is 0 Å². The molecule has 0 saturated carbocycles. The average molecular weight is 303 g/mol. The molecule has 0 spiro atoms. The van der Waals surface area contributed by atoms with E-state index in [4.69, 9.17) is 0 Å². The van der Waals surface area contributed by atoms with E-state index in [1.165, 1.54) is 6.92 Å². The molecule has 10 heteroatoms. The zero-order chi connectivity index (χ0) is 15.8. The van der Waals surface area contributed by atoms with E-state index in [0.29, 0.717) is 0 Å². The van der Waals surface area contributed by atoms with E-state index in [1.807, 2.05) is 5.32 Å². The highest BCUT2D eigenvalue weighted by atomic mass is 19.3. The lowest BCUT2D eigenvalue weighted by atomic mass is 10.4. The number of alkyl halides is 4. The number of halogens is 4. The third kappa shape index (κ3) is 9.14. The van der Waals surface area contributed by atoms with Crippen LogP contribution in [-0.4, -0.2) is 44.5 Å². The number of alkyl carbamates (subject to hydrolysis) is 1. The maximum absolute atomic E-state index is 12.5. The fraction of sp³-hybridized carbons (Fsp3) is 0.600. The first-order valence-electron chi connectivity index (χ1n) is 5.21. The third-order valence-electron chi connectivity index (χ3n) is 1.59. The molecule has 0 atom stereocenters. The SMILES string of the molecule is C=C(C)C(=O)OCCNC(=O)OCC(F)(F)OC(F)F. The zero-order valence-corrected chi connectivity index (χ0v) is 10.5. The van der Waals surface area contributed by atoms with Crippen molar-refractivity contribution in [2.24, 2.45) is 0 Å². The molecule has 0 aliphatic carbocycles. The Balaban J connectivity index is 3.79. The molecule has 6 nitrogen and oxygen atoms in total. The fourth-order valence-electron chi connectivity index (χ4n) is 0.785. The lowest BCUT2D eigenvalue weighted by Gasteiger charge is -2.16. The first-order chi connectivity index (χ1) is 9.14. The fourth-order valence-corrected chi connectivity index (χ4v) is 0.785. The molecule has 0 aliphatic rings. The Labute approximate surface area is 111 Å². The van der Waals surface area contributed by atoms with Crippen LogP contribution in [0, 0.1) is 0 Å². The van der Waals surface area contributed by atoms with Crippen LogP contribution in [0.25, 0.3) is 0 Å². The van der Waals surface area contributed by atoms with E-state index in [1.54, 1.807) is 0 Å². The van der Waals surface area contributed by atoms with Crippen molar-refractivity contribution in [1.82, 2.24) is 5.32 Å². The quantitative estimate of drug-likeness (QED) is 0.319. The third-order valence-corrected chi connectivity index (χ3v) is 1.59. The van der Waals surface area contributed by atoms with Crippen molar-refractivity contribution in [3.8, 4) is 0 Å². The number of esters is 1. The normalized spacial score (nSPS) is 11.1. The monoisotopic (exact) mass is 303 g/mol. The largest absolute Gasteiger partial charge is 0.460 e. The molecule has 1 amide bonds. The lowest BCUT2D eigenvalue weighted by Crippen LogP contribution is -2.35. The van der Waals surface area contributed by atoms with Gasteiger partial charge >= 0.3 is 24.8 Å². The van der Waals surface area contributed by atoms with Gasteiger partial charge in [0.25, 0.3) is 0 Å². The van der Waals surface area contributed by atoms with E-state index in [0.717, 1.165) is 0 Å². The van der Waals surface area contributed by atoms with Gasteiger partial charge in [-0.3, -0.25) is 4.74 Å². The molecule has 0 aromatic rings. The van der Waals surface area contributed by atoms with E-state index in [-0.39, 0.29) is 18.7 Å². The molecule has 116 valence electrons. The summed E-state index contributed by atoms with van der Waals surface area (Å²) < 4.78 is 59.6. The highest BCUT2D eigenvalue weighted by Gasteiger charge is 2.36. The minimum atomic E-state index is -4.29. The molecule has 0 aromatic carbocycles. The number of ether oxygens (including phenoxy) is 3. The smallest absolute Gasteiger partial charge is 0.407 e. The van der Waals surface area contributed by atoms with Gasteiger partial charge in [-0.25, -0.2) is 9.59 Å². The number of nitrogens with one attached hydrogen (secondary N) is 1. The minimum Gasteiger partial charge on any atom is -0.460 e. The number of hydrogen-bond donors (Lipinski definition) is 1. The molecule has 1 N–H and O–H groups in total. The van der Waals surface area contributed by atoms with Gasteiger partial charge in [-0.15, -0.1) is 0 Å². The topological polar surface area (TPSA) is 73.9 Å². The second-order valence-corrected chi connectivity index (χ2v) is 3.43. The summed E-state index contributed by atoms with van der Waals surface area (Å²) in [5.41, 5.74) is 0.149. The number of carbonyl (C=O) groups excluding carboxylic acids is 2.